The van der Waals surface area contributed by atoms with Gasteiger partial charge in [0.05, 0.1) is 6.33 Å². The summed E-state index contributed by atoms with van der Waals surface area (Å²) in [7, 11) is 0. The van der Waals surface area contributed by atoms with Crippen LogP contribution >= 0.6 is 27.9 Å². The second-order valence-corrected chi connectivity index (χ2v) is 12.3. The number of anilines is 1. The Bertz CT molecular complexity index is 1150. The van der Waals surface area contributed by atoms with Crippen molar-refractivity contribution in [3.05, 3.63) is 28.6 Å². The Morgan fingerprint density at radius 2 is 2.11 bits per heavy atom. The van der Waals surface area contributed by atoms with Gasteiger partial charge in [-0.1, -0.05) is 0 Å². The molecule has 1 saturated heterocycles. The van der Waals surface area contributed by atoms with Crippen molar-refractivity contribution in [2.24, 2.45) is 5.92 Å². The molecule has 0 radical (unpaired) electrons. The number of amidine groups is 1. The number of ether oxygens (including phenoxy) is 2. The predicted molar refractivity (Wildman–Crippen MR) is 143 cm³/mol. The molecule has 1 aromatic heterocycles. The van der Waals surface area contributed by atoms with Crippen LogP contribution in [0, 0.1) is 11.3 Å². The second kappa shape index (κ2) is 10.0. The smallest absolute Gasteiger partial charge is 0.317 e. The number of fused-ring (bicyclic) bond motifs is 2. The average molecular weight is 579 g/mol. The minimum absolute atomic E-state index is 0.0186. The van der Waals surface area contributed by atoms with Crippen molar-refractivity contribution < 1.29 is 14.3 Å². The molecule has 194 valence electrons. The van der Waals surface area contributed by atoms with Crippen LogP contribution in [0.15, 0.2) is 27.8 Å². The second-order valence-electron chi connectivity index (χ2n) is 10.4. The van der Waals surface area contributed by atoms with E-state index < -0.39 is 0 Å². The van der Waals surface area contributed by atoms with Crippen LogP contribution in [0.3, 0.4) is 0 Å². The lowest BCUT2D eigenvalue weighted by Crippen LogP contribution is -2.51. The van der Waals surface area contributed by atoms with E-state index in [0.29, 0.717) is 29.9 Å². The topological polar surface area (TPSA) is 110 Å². The van der Waals surface area contributed by atoms with Gasteiger partial charge < -0.3 is 29.6 Å². The van der Waals surface area contributed by atoms with Gasteiger partial charge in [-0.15, -0.1) is 0 Å². The SMILES string of the molecule is CC(C)(C)NC(=O)N1CCCC(CCN2CN(Sc3cc4c(cc3Br)OCO4)C(=N)c3[nH]cnc32)C1. The molecule has 3 N–H and O–H groups in total. The third kappa shape index (κ3) is 5.39. The van der Waals surface area contributed by atoms with Crippen molar-refractivity contribution in [2.45, 2.75) is 50.5 Å². The Balaban J connectivity index is 1.25. The van der Waals surface area contributed by atoms with Gasteiger partial charge in [0.15, 0.2) is 23.2 Å². The lowest BCUT2D eigenvalue weighted by atomic mass is 9.94. The molecule has 1 aromatic carbocycles. The van der Waals surface area contributed by atoms with E-state index in [0.717, 1.165) is 59.8 Å². The number of benzene rings is 1. The third-order valence-electron chi connectivity index (χ3n) is 6.44. The summed E-state index contributed by atoms with van der Waals surface area (Å²) < 4.78 is 13.9. The van der Waals surface area contributed by atoms with Crippen molar-refractivity contribution in [3.63, 3.8) is 0 Å². The molecule has 4 heterocycles. The number of carbonyl (C=O) groups is 1. The Morgan fingerprint density at radius 3 is 2.89 bits per heavy atom. The van der Waals surface area contributed by atoms with Crippen LogP contribution in [-0.4, -0.2) is 69.7 Å². The van der Waals surface area contributed by atoms with E-state index in [4.69, 9.17) is 14.9 Å². The van der Waals surface area contributed by atoms with Gasteiger partial charge in [-0.3, -0.25) is 9.71 Å². The molecule has 1 fully saturated rings. The number of nitrogens with zero attached hydrogens (tertiary/aromatic N) is 4. The first-order chi connectivity index (χ1) is 17.2. The van der Waals surface area contributed by atoms with E-state index in [2.05, 4.69) is 36.1 Å². The molecule has 1 atom stereocenters. The predicted octanol–water partition coefficient (Wildman–Crippen LogP) is 4.62. The number of hydrogen-bond acceptors (Lipinski definition) is 7. The van der Waals surface area contributed by atoms with E-state index in [-0.39, 0.29) is 18.4 Å². The van der Waals surface area contributed by atoms with Gasteiger partial charge in [0.25, 0.3) is 0 Å². The van der Waals surface area contributed by atoms with Gasteiger partial charge in [-0.05, 0) is 79.9 Å². The van der Waals surface area contributed by atoms with Crippen molar-refractivity contribution in [1.82, 2.24) is 24.5 Å². The van der Waals surface area contributed by atoms with Crippen LogP contribution < -0.4 is 19.7 Å². The normalized spacial score (nSPS) is 19.5. The summed E-state index contributed by atoms with van der Waals surface area (Å²) in [6.45, 7) is 9.14. The van der Waals surface area contributed by atoms with Crippen molar-refractivity contribution in [1.29, 1.82) is 5.41 Å². The molecule has 0 aliphatic carbocycles. The Kier molecular flexibility index (Phi) is 6.99. The average Bonchev–Trinajstić information content (AvgIpc) is 3.49. The number of urea groups is 1. The number of aromatic amines is 1. The van der Waals surface area contributed by atoms with Gasteiger partial charge in [-0.25, -0.2) is 9.78 Å². The number of piperidine rings is 1. The van der Waals surface area contributed by atoms with Crippen LogP contribution in [0.1, 0.15) is 45.7 Å². The highest BCUT2D eigenvalue weighted by molar-refractivity contribution is 9.10. The molecule has 2 amide bonds. The maximum absolute atomic E-state index is 12.7. The van der Waals surface area contributed by atoms with Crippen molar-refractivity contribution in [2.75, 3.05) is 38.0 Å². The number of aromatic nitrogens is 2. The number of H-pyrrole nitrogens is 1. The first-order valence-electron chi connectivity index (χ1n) is 12.2. The fraction of sp³-hybridized carbons (Fsp3) is 0.542. The fourth-order valence-electron chi connectivity index (χ4n) is 4.68. The molecule has 0 saturated carbocycles. The first kappa shape index (κ1) is 25.1. The summed E-state index contributed by atoms with van der Waals surface area (Å²) in [5.41, 5.74) is 0.465. The summed E-state index contributed by atoms with van der Waals surface area (Å²) in [4.78, 5) is 25.4. The Labute approximate surface area is 223 Å². The van der Waals surface area contributed by atoms with E-state index >= 15 is 0 Å². The summed E-state index contributed by atoms with van der Waals surface area (Å²) in [6, 6.07) is 3.86. The summed E-state index contributed by atoms with van der Waals surface area (Å²) >= 11 is 5.11. The molecule has 36 heavy (non-hydrogen) atoms. The molecule has 3 aliphatic rings. The molecule has 5 rings (SSSR count). The number of likely N-dealkylation sites (tertiary alicyclic amines) is 1. The Hall–Kier alpha value is -2.60. The maximum atomic E-state index is 12.7. The van der Waals surface area contributed by atoms with Crippen LogP contribution in [0.5, 0.6) is 11.5 Å². The van der Waals surface area contributed by atoms with Crippen molar-refractivity contribution >= 4 is 45.6 Å². The molecule has 12 heteroatoms. The molecule has 1 unspecified atom stereocenters. The van der Waals surface area contributed by atoms with Crippen LogP contribution in [-0.2, 0) is 0 Å². The number of nitrogens with one attached hydrogen (secondary N) is 3. The molecule has 3 aliphatic heterocycles. The highest BCUT2D eigenvalue weighted by Gasteiger charge is 2.32. The summed E-state index contributed by atoms with van der Waals surface area (Å²) in [6.07, 6.45) is 4.72. The minimum Gasteiger partial charge on any atom is -0.454 e. The van der Waals surface area contributed by atoms with Gasteiger partial charge in [-0.2, -0.15) is 0 Å². The number of amides is 2. The molecule has 0 spiro atoms. The van der Waals surface area contributed by atoms with E-state index in [9.17, 15) is 4.79 Å². The Morgan fingerprint density at radius 1 is 1.33 bits per heavy atom. The van der Waals surface area contributed by atoms with E-state index in [1.165, 1.54) is 11.9 Å². The minimum atomic E-state index is -0.243. The lowest BCUT2D eigenvalue weighted by molar-refractivity contribution is 0.156. The standard InChI is InChI=1S/C24H32BrN7O3S/c1-24(2,3)29-23(33)30-7-4-5-15(11-30)6-8-31-13-32(21(26)20-22(31)28-12-27-20)36-19-10-18-17(9-16(19)25)34-14-35-18/h9-10,12,15,26H,4-8,11,13-14H2,1-3H3,(H,27,28)(H,29,33). The zero-order valence-corrected chi connectivity index (χ0v) is 23.2. The molecule has 2 aromatic rings. The summed E-state index contributed by atoms with van der Waals surface area (Å²) in [5.74, 6) is 3.05. The number of imidazole rings is 1. The largest absolute Gasteiger partial charge is 0.454 e. The highest BCUT2D eigenvalue weighted by atomic mass is 79.9. The van der Waals surface area contributed by atoms with Crippen LogP contribution in [0.2, 0.25) is 0 Å². The number of halogens is 1. The third-order valence-corrected chi connectivity index (χ3v) is 8.41. The summed E-state index contributed by atoms with van der Waals surface area (Å²) in [5, 5.41) is 11.9. The quantitative estimate of drug-likeness (QED) is 0.444. The molecule has 0 bridgehead atoms. The van der Waals surface area contributed by atoms with Crippen LogP contribution in [0.25, 0.3) is 0 Å². The fourth-order valence-corrected chi connectivity index (χ4v) is 6.14. The van der Waals surface area contributed by atoms with E-state index in [1.807, 2.05) is 42.1 Å². The van der Waals surface area contributed by atoms with Gasteiger partial charge in [0.1, 0.15) is 12.4 Å². The zero-order chi connectivity index (χ0) is 25.4. The first-order valence-corrected chi connectivity index (χ1v) is 13.7. The zero-order valence-electron chi connectivity index (χ0n) is 20.8. The van der Waals surface area contributed by atoms with Gasteiger partial charge in [0, 0.05) is 40.6 Å². The monoisotopic (exact) mass is 577 g/mol. The van der Waals surface area contributed by atoms with E-state index in [1.54, 1.807) is 6.33 Å². The van der Waals surface area contributed by atoms with Crippen molar-refractivity contribution in [3.8, 4) is 11.5 Å². The van der Waals surface area contributed by atoms with Gasteiger partial charge in [0.2, 0.25) is 6.79 Å². The lowest BCUT2D eigenvalue weighted by Gasteiger charge is -2.38. The van der Waals surface area contributed by atoms with Crippen LogP contribution in [0.4, 0.5) is 10.6 Å². The molecule has 10 nitrogen and oxygen atoms in total. The maximum Gasteiger partial charge on any atom is 0.317 e. The highest BCUT2D eigenvalue weighted by Crippen LogP contribution is 2.43. The number of hydrogen-bond donors (Lipinski definition) is 3. The number of rotatable bonds is 5. The molecular formula is C24H32BrN7O3S. The van der Waals surface area contributed by atoms with Gasteiger partial charge >= 0.3 is 6.03 Å². The number of carbonyl (C=O) groups excluding carboxylic acids is 1. The molecular weight excluding hydrogens is 546 g/mol.